The number of amides is 4. The highest BCUT2D eigenvalue weighted by molar-refractivity contribution is 6.38. The summed E-state index contributed by atoms with van der Waals surface area (Å²) in [7, 11) is 0. The fourth-order valence-electron chi connectivity index (χ4n) is 5.57. The van der Waals surface area contributed by atoms with Crippen LogP contribution in [0.3, 0.4) is 0 Å². The Morgan fingerprint density at radius 3 is 1.91 bits per heavy atom. The number of benzene rings is 2. The number of nitrogens with one attached hydrogen (secondary N) is 3. The van der Waals surface area contributed by atoms with Crippen LogP contribution in [0, 0.1) is 5.92 Å². The average molecular weight is 605 g/mol. The molecule has 0 spiro atoms. The molecule has 9 nitrogen and oxygen atoms in total. The molecule has 0 aromatic heterocycles. The molecule has 0 bridgehead atoms. The molecule has 1 fully saturated rings. The number of carbonyl (C=O) groups excluding carboxylic acids is 5. The maximum atomic E-state index is 14.3. The van der Waals surface area contributed by atoms with Crippen molar-refractivity contribution in [3.8, 4) is 0 Å². The van der Waals surface area contributed by atoms with Crippen LogP contribution in [0.15, 0.2) is 60.7 Å². The first-order valence-corrected chi connectivity index (χ1v) is 15.9. The van der Waals surface area contributed by atoms with Crippen molar-refractivity contribution >= 4 is 29.4 Å². The molecule has 1 aliphatic carbocycles. The second kappa shape index (κ2) is 17.3. The Balaban J connectivity index is 1.89. The van der Waals surface area contributed by atoms with E-state index in [9.17, 15) is 24.0 Å². The van der Waals surface area contributed by atoms with Crippen LogP contribution in [0.5, 0.6) is 0 Å². The van der Waals surface area contributed by atoms with Gasteiger partial charge in [-0.25, -0.2) is 0 Å². The van der Waals surface area contributed by atoms with Crippen molar-refractivity contribution in [3.05, 3.63) is 71.8 Å². The molecule has 1 aliphatic rings. The number of hydrogen-bond acceptors (Lipinski definition) is 5. The minimum Gasteiger partial charge on any atom is -0.347 e. The van der Waals surface area contributed by atoms with Gasteiger partial charge in [-0.1, -0.05) is 93.8 Å². The molecule has 0 saturated heterocycles. The SMILES string of the molecule is CC(=O)N[C@@H](Cc1ccccc1)C(=O)N(CCC(C)C)C(Cc1ccccc1)C(=O)NC(C)C(=O)C(=O)NC1CCCCC1. The average Bonchev–Trinajstić information content (AvgIpc) is 3.00. The molecule has 2 aromatic rings. The van der Waals surface area contributed by atoms with Crippen LogP contribution in [0.4, 0.5) is 0 Å². The number of Topliss-reactive ketones (excluding diaryl/α,β-unsaturated/α-hetero) is 1. The number of hydrogen-bond donors (Lipinski definition) is 3. The molecule has 3 N–H and O–H groups in total. The van der Waals surface area contributed by atoms with E-state index in [1.807, 2.05) is 74.5 Å². The Morgan fingerprint density at radius 1 is 0.795 bits per heavy atom. The third-order valence-corrected chi connectivity index (χ3v) is 8.06. The van der Waals surface area contributed by atoms with E-state index in [-0.39, 0.29) is 43.2 Å². The molecule has 1 saturated carbocycles. The Morgan fingerprint density at radius 2 is 1.36 bits per heavy atom. The molecule has 44 heavy (non-hydrogen) atoms. The monoisotopic (exact) mass is 604 g/mol. The summed E-state index contributed by atoms with van der Waals surface area (Å²) in [5.41, 5.74) is 1.71. The van der Waals surface area contributed by atoms with Crippen molar-refractivity contribution in [1.82, 2.24) is 20.9 Å². The summed E-state index contributed by atoms with van der Waals surface area (Å²) in [6.07, 6.45) is 5.90. The maximum absolute atomic E-state index is 14.3. The highest BCUT2D eigenvalue weighted by Crippen LogP contribution is 2.18. The van der Waals surface area contributed by atoms with Gasteiger partial charge in [0.15, 0.2) is 0 Å². The van der Waals surface area contributed by atoms with Gasteiger partial charge in [-0.2, -0.15) is 0 Å². The molecule has 2 unspecified atom stereocenters. The Kier molecular flexibility index (Phi) is 13.6. The van der Waals surface area contributed by atoms with E-state index in [4.69, 9.17) is 0 Å². The fourth-order valence-corrected chi connectivity index (χ4v) is 5.57. The van der Waals surface area contributed by atoms with Crippen LogP contribution >= 0.6 is 0 Å². The van der Waals surface area contributed by atoms with Crippen molar-refractivity contribution in [2.24, 2.45) is 5.92 Å². The van der Waals surface area contributed by atoms with Gasteiger partial charge < -0.3 is 20.9 Å². The zero-order valence-corrected chi connectivity index (χ0v) is 26.5. The molecule has 4 amide bonds. The minimum atomic E-state index is -1.08. The predicted molar refractivity (Wildman–Crippen MR) is 170 cm³/mol. The quantitative estimate of drug-likeness (QED) is 0.267. The van der Waals surface area contributed by atoms with Gasteiger partial charge in [0.1, 0.15) is 12.1 Å². The summed E-state index contributed by atoms with van der Waals surface area (Å²) in [5, 5.41) is 8.37. The third kappa shape index (κ3) is 10.9. The molecule has 0 radical (unpaired) electrons. The second-order valence-electron chi connectivity index (χ2n) is 12.3. The summed E-state index contributed by atoms with van der Waals surface area (Å²) in [6.45, 7) is 7.21. The van der Waals surface area contributed by atoms with E-state index in [1.165, 1.54) is 18.7 Å². The van der Waals surface area contributed by atoms with E-state index in [0.717, 1.165) is 43.2 Å². The van der Waals surface area contributed by atoms with Crippen LogP contribution < -0.4 is 16.0 Å². The number of rotatable bonds is 15. The molecule has 2 aromatic carbocycles. The maximum Gasteiger partial charge on any atom is 0.289 e. The summed E-state index contributed by atoms with van der Waals surface area (Å²) in [5.74, 6) is -2.44. The first-order valence-electron chi connectivity index (χ1n) is 15.9. The van der Waals surface area contributed by atoms with Crippen molar-refractivity contribution in [1.29, 1.82) is 0 Å². The predicted octanol–water partition coefficient (Wildman–Crippen LogP) is 3.74. The zero-order chi connectivity index (χ0) is 32.1. The molecule has 3 atom stereocenters. The van der Waals surface area contributed by atoms with Gasteiger partial charge in [-0.3, -0.25) is 24.0 Å². The summed E-state index contributed by atoms with van der Waals surface area (Å²) < 4.78 is 0. The normalized spacial score (nSPS) is 15.5. The van der Waals surface area contributed by atoms with Gasteiger partial charge in [-0.05, 0) is 43.2 Å². The highest BCUT2D eigenvalue weighted by atomic mass is 16.2. The van der Waals surface area contributed by atoms with Gasteiger partial charge in [0.2, 0.25) is 23.5 Å². The number of carbonyl (C=O) groups is 5. The van der Waals surface area contributed by atoms with E-state index in [2.05, 4.69) is 16.0 Å². The molecule has 238 valence electrons. The van der Waals surface area contributed by atoms with Crippen LogP contribution in [-0.2, 0) is 36.8 Å². The van der Waals surface area contributed by atoms with Crippen molar-refractivity contribution in [2.75, 3.05) is 6.54 Å². The molecular weight excluding hydrogens is 556 g/mol. The van der Waals surface area contributed by atoms with E-state index < -0.39 is 35.7 Å². The third-order valence-electron chi connectivity index (χ3n) is 8.06. The Labute approximate surface area is 261 Å². The molecule has 0 heterocycles. The summed E-state index contributed by atoms with van der Waals surface area (Å²) >= 11 is 0. The number of ketones is 1. The first kappa shape index (κ1) is 34.5. The van der Waals surface area contributed by atoms with E-state index >= 15 is 0 Å². The topological polar surface area (TPSA) is 125 Å². The lowest BCUT2D eigenvalue weighted by Gasteiger charge is -2.35. The van der Waals surface area contributed by atoms with Crippen molar-refractivity contribution in [3.63, 3.8) is 0 Å². The minimum absolute atomic E-state index is 0.0339. The van der Waals surface area contributed by atoms with Crippen LogP contribution in [0.2, 0.25) is 0 Å². The Hall–Kier alpha value is -4.01. The van der Waals surface area contributed by atoms with Crippen molar-refractivity contribution < 1.29 is 24.0 Å². The summed E-state index contributed by atoms with van der Waals surface area (Å²) in [6, 6.07) is 15.8. The first-order chi connectivity index (χ1) is 21.0. The van der Waals surface area contributed by atoms with Crippen LogP contribution in [0.1, 0.15) is 77.3 Å². The molecule has 9 heteroatoms. The standard InChI is InChI=1S/C35H48N4O5/c1-24(2)20-21-39(35(44)30(37-26(4)40)22-27-14-8-5-9-15-27)31(23-28-16-10-6-11-17-28)33(42)36-25(3)32(41)34(43)38-29-18-12-7-13-19-29/h5-6,8-11,14-17,24-25,29-31H,7,12-13,18-23H2,1-4H3,(H,36,42)(H,37,40)(H,38,43)/t25?,30-,31?/m0/s1. The van der Waals surface area contributed by atoms with Gasteiger partial charge in [0, 0.05) is 32.4 Å². The van der Waals surface area contributed by atoms with Crippen LogP contribution in [-0.4, -0.2) is 65.0 Å². The van der Waals surface area contributed by atoms with E-state index in [1.54, 1.807) is 0 Å². The largest absolute Gasteiger partial charge is 0.347 e. The lowest BCUT2D eigenvalue weighted by atomic mass is 9.95. The molecular formula is C35H48N4O5. The van der Waals surface area contributed by atoms with Crippen molar-refractivity contribution in [2.45, 2.75) is 103 Å². The van der Waals surface area contributed by atoms with Gasteiger partial charge in [-0.15, -0.1) is 0 Å². The lowest BCUT2D eigenvalue weighted by molar-refractivity contribution is -0.145. The Bertz CT molecular complexity index is 1240. The number of nitrogens with zero attached hydrogens (tertiary/aromatic N) is 1. The fraction of sp³-hybridized carbons (Fsp3) is 0.514. The molecule has 0 aliphatic heterocycles. The van der Waals surface area contributed by atoms with Gasteiger partial charge in [0.25, 0.3) is 5.91 Å². The smallest absolute Gasteiger partial charge is 0.289 e. The lowest BCUT2D eigenvalue weighted by Crippen LogP contribution is -2.59. The molecule has 3 rings (SSSR count). The van der Waals surface area contributed by atoms with E-state index in [0.29, 0.717) is 6.42 Å². The zero-order valence-electron chi connectivity index (χ0n) is 26.5. The second-order valence-corrected chi connectivity index (χ2v) is 12.3. The summed E-state index contributed by atoms with van der Waals surface area (Å²) in [4.78, 5) is 67.8. The highest BCUT2D eigenvalue weighted by Gasteiger charge is 2.36. The van der Waals surface area contributed by atoms with Crippen LogP contribution in [0.25, 0.3) is 0 Å². The van der Waals surface area contributed by atoms with Gasteiger partial charge >= 0.3 is 0 Å². The van der Waals surface area contributed by atoms with Gasteiger partial charge in [0.05, 0.1) is 6.04 Å².